The first kappa shape index (κ1) is 37.0. The molecule has 0 saturated carbocycles. The topological polar surface area (TPSA) is 278 Å². The molecule has 0 aliphatic carbocycles. The second-order valence-corrected chi connectivity index (χ2v) is 10.2. The van der Waals surface area contributed by atoms with Crippen LogP contribution in [0.2, 0.25) is 0 Å². The highest BCUT2D eigenvalue weighted by atomic mass is 32.2. The molecule has 0 radical (unpaired) electrons. The number of aliphatic hydroxyl groups is 1. The van der Waals surface area contributed by atoms with Crippen molar-refractivity contribution in [2.45, 2.75) is 94.8 Å². The summed E-state index contributed by atoms with van der Waals surface area (Å²) in [6.45, 7) is 2.14. The number of hydrogen-bond donors (Lipinski definition) is 7. The molecule has 0 spiro atoms. The second-order valence-electron chi connectivity index (χ2n) is 8.56. The van der Waals surface area contributed by atoms with Gasteiger partial charge in [-0.1, -0.05) is 58.3 Å². The molecule has 7 N–H and O–H groups in total. The van der Waals surface area contributed by atoms with Crippen molar-refractivity contribution in [3.63, 3.8) is 0 Å². The summed E-state index contributed by atoms with van der Waals surface area (Å²) in [6.07, 6.45) is 6.10. The highest BCUT2D eigenvalue weighted by molar-refractivity contribution is 7.87. The summed E-state index contributed by atoms with van der Waals surface area (Å²) in [4.78, 5) is 65.4. The summed E-state index contributed by atoms with van der Waals surface area (Å²) >= 11 is 0. The van der Waals surface area contributed by atoms with Gasteiger partial charge >= 0.3 is 29.8 Å². The molecule has 0 aromatic carbocycles. The number of rotatable bonds is 20. The fourth-order valence-corrected chi connectivity index (χ4v) is 3.98. The maximum atomic E-state index is 12.1. The van der Waals surface area contributed by atoms with Gasteiger partial charge in [0.1, 0.15) is 0 Å². The lowest BCUT2D eigenvalue weighted by Gasteiger charge is -2.27. The number of unbranched alkanes of at least 4 members (excludes halogenated alkanes) is 8. The van der Waals surface area contributed by atoms with Crippen molar-refractivity contribution in [1.82, 2.24) is 0 Å². The Morgan fingerprint density at radius 3 is 1.45 bits per heavy atom. The predicted octanol–water partition coefficient (Wildman–Crippen LogP) is 1.27. The van der Waals surface area contributed by atoms with Crippen LogP contribution in [0, 0.1) is 5.92 Å². The van der Waals surface area contributed by atoms with Crippen LogP contribution in [0.4, 0.5) is 0 Å². The summed E-state index contributed by atoms with van der Waals surface area (Å²) in [5, 5.41) is 50.9. The Labute approximate surface area is 219 Å². The molecular formula is C22H36O15S. The quantitative estimate of drug-likeness (QED) is 0.0614. The normalized spacial score (nSPS) is 14.2. The number of carboxylic acids is 5. The van der Waals surface area contributed by atoms with Crippen molar-refractivity contribution < 1.29 is 72.4 Å². The number of hydrogen-bond acceptors (Lipinski definition) is 9. The Morgan fingerprint density at radius 1 is 0.711 bits per heavy atom. The standard InChI is InChI=1S/C18H30O8.C4H6O7S/c1-2-3-4-5-6-7-8-9-10-11-13(19)15(16(22)23)18(26,17(24)25)12-14(20)21;5-3(6)1-2(4(7)8)12(9,10)11/h15,26H,2-12H2,1H3,(H,20,21)(H,22,23)(H,24,25);2H,1H2,(H,5,6)(H,7,8)(H,9,10,11). The average molecular weight is 573 g/mol. The van der Waals surface area contributed by atoms with E-state index in [0.717, 1.165) is 25.7 Å². The molecule has 220 valence electrons. The molecule has 0 saturated heterocycles. The van der Waals surface area contributed by atoms with Gasteiger partial charge in [0.2, 0.25) is 0 Å². The Hall–Kier alpha value is -3.11. The van der Waals surface area contributed by atoms with Crippen LogP contribution in [0.3, 0.4) is 0 Å². The van der Waals surface area contributed by atoms with Crippen LogP contribution < -0.4 is 0 Å². The minimum Gasteiger partial charge on any atom is -0.481 e. The molecule has 15 nitrogen and oxygen atoms in total. The fourth-order valence-electron chi connectivity index (χ4n) is 3.37. The summed E-state index contributed by atoms with van der Waals surface area (Å²) in [5.74, 6) is -12.3. The summed E-state index contributed by atoms with van der Waals surface area (Å²) in [5.41, 5.74) is -3.16. The Bertz CT molecular complexity index is 927. The number of carbonyl (C=O) groups is 6. The molecule has 0 fully saturated rings. The molecule has 0 aromatic rings. The van der Waals surface area contributed by atoms with E-state index in [2.05, 4.69) is 6.92 Å². The van der Waals surface area contributed by atoms with Crippen LogP contribution in [0.25, 0.3) is 0 Å². The Morgan fingerprint density at radius 2 is 1.16 bits per heavy atom. The zero-order chi connectivity index (χ0) is 30.1. The number of carbonyl (C=O) groups excluding carboxylic acids is 1. The van der Waals surface area contributed by atoms with Crippen LogP contribution in [0.1, 0.15) is 84.0 Å². The van der Waals surface area contributed by atoms with Gasteiger partial charge in [-0.2, -0.15) is 8.42 Å². The third-order valence-electron chi connectivity index (χ3n) is 5.36. The van der Waals surface area contributed by atoms with Crippen LogP contribution in [0.15, 0.2) is 0 Å². The molecule has 16 heteroatoms. The monoisotopic (exact) mass is 572 g/mol. The van der Waals surface area contributed by atoms with Crippen LogP contribution in [0.5, 0.6) is 0 Å². The summed E-state index contributed by atoms with van der Waals surface area (Å²) in [7, 11) is -4.84. The smallest absolute Gasteiger partial charge is 0.337 e. The van der Waals surface area contributed by atoms with Crippen molar-refractivity contribution in [2.24, 2.45) is 5.92 Å². The highest BCUT2D eigenvalue weighted by Gasteiger charge is 2.53. The molecule has 0 aliphatic rings. The first-order valence-corrected chi connectivity index (χ1v) is 13.3. The van der Waals surface area contributed by atoms with Crippen LogP contribution in [-0.2, 0) is 38.9 Å². The van der Waals surface area contributed by atoms with E-state index in [9.17, 15) is 42.3 Å². The molecule has 3 atom stereocenters. The lowest BCUT2D eigenvalue weighted by Crippen LogP contribution is -2.53. The zero-order valence-corrected chi connectivity index (χ0v) is 21.8. The first-order valence-electron chi connectivity index (χ1n) is 11.8. The average Bonchev–Trinajstić information content (AvgIpc) is 2.75. The highest BCUT2D eigenvalue weighted by Crippen LogP contribution is 2.26. The minimum atomic E-state index is -4.84. The van der Waals surface area contributed by atoms with Gasteiger partial charge in [-0.05, 0) is 6.42 Å². The van der Waals surface area contributed by atoms with Crippen molar-refractivity contribution >= 4 is 45.7 Å². The summed E-state index contributed by atoms with van der Waals surface area (Å²) < 4.78 is 28.7. The first-order chi connectivity index (χ1) is 17.4. The summed E-state index contributed by atoms with van der Waals surface area (Å²) in [6, 6.07) is 0. The molecule has 0 aromatic heterocycles. The minimum absolute atomic E-state index is 0.206. The number of aliphatic carboxylic acids is 5. The number of ketones is 1. The van der Waals surface area contributed by atoms with Crippen LogP contribution in [-0.4, -0.2) is 90.1 Å². The third kappa shape index (κ3) is 15.2. The van der Waals surface area contributed by atoms with E-state index in [1.165, 1.54) is 19.3 Å². The van der Waals surface area contributed by atoms with E-state index in [0.29, 0.717) is 12.8 Å². The van der Waals surface area contributed by atoms with Gasteiger partial charge in [-0.3, -0.25) is 28.5 Å². The number of carboxylic acid groups (broad SMARTS) is 5. The van der Waals surface area contributed by atoms with Crippen molar-refractivity contribution in [3.05, 3.63) is 0 Å². The zero-order valence-electron chi connectivity index (χ0n) is 20.9. The molecule has 38 heavy (non-hydrogen) atoms. The number of Topliss-reactive ketones (excluding diaryl/α,β-unsaturated/α-hetero) is 1. The van der Waals surface area contributed by atoms with E-state index in [-0.39, 0.29) is 6.42 Å². The maximum Gasteiger partial charge on any atom is 0.337 e. The fraction of sp³-hybridized carbons (Fsp3) is 0.727. The van der Waals surface area contributed by atoms with Gasteiger partial charge in [0.25, 0.3) is 10.1 Å². The van der Waals surface area contributed by atoms with E-state index in [4.69, 9.17) is 30.1 Å². The van der Waals surface area contributed by atoms with E-state index < -0.39 is 75.4 Å². The molecule has 0 aliphatic heterocycles. The van der Waals surface area contributed by atoms with Gasteiger partial charge in [0, 0.05) is 6.42 Å². The Kier molecular flexibility index (Phi) is 17.7. The van der Waals surface area contributed by atoms with Gasteiger partial charge in [0.15, 0.2) is 22.6 Å². The molecule has 0 heterocycles. The van der Waals surface area contributed by atoms with Crippen molar-refractivity contribution in [2.75, 3.05) is 0 Å². The van der Waals surface area contributed by atoms with Crippen molar-refractivity contribution in [1.29, 1.82) is 0 Å². The van der Waals surface area contributed by atoms with Gasteiger partial charge < -0.3 is 30.6 Å². The predicted molar refractivity (Wildman–Crippen MR) is 128 cm³/mol. The largest absolute Gasteiger partial charge is 0.481 e. The van der Waals surface area contributed by atoms with Crippen LogP contribution >= 0.6 is 0 Å². The van der Waals surface area contributed by atoms with Gasteiger partial charge in [-0.25, -0.2) is 4.79 Å². The molecular weight excluding hydrogens is 536 g/mol. The van der Waals surface area contributed by atoms with Gasteiger partial charge in [-0.15, -0.1) is 0 Å². The Balaban J connectivity index is 0. The molecule has 0 amide bonds. The van der Waals surface area contributed by atoms with Crippen molar-refractivity contribution in [3.8, 4) is 0 Å². The molecule has 0 rings (SSSR count). The third-order valence-corrected chi connectivity index (χ3v) is 6.45. The lowest BCUT2D eigenvalue weighted by atomic mass is 9.80. The SMILES string of the molecule is CCCCCCCCCCCC(=O)C(C(=O)O)C(O)(CC(=O)O)C(=O)O.O=C(O)CC(C(=O)O)S(=O)(=O)O. The molecule has 0 bridgehead atoms. The van der Waals surface area contributed by atoms with Gasteiger partial charge in [0.05, 0.1) is 12.8 Å². The maximum absolute atomic E-state index is 12.1. The van der Waals surface area contributed by atoms with E-state index in [1.54, 1.807) is 0 Å². The molecule has 3 unspecified atom stereocenters. The lowest BCUT2D eigenvalue weighted by molar-refractivity contribution is -0.181. The van der Waals surface area contributed by atoms with E-state index >= 15 is 0 Å². The van der Waals surface area contributed by atoms with E-state index in [1.807, 2.05) is 0 Å². The second kappa shape index (κ2) is 18.2.